The number of ether oxygens (including phenoxy) is 4. The molecular formula is C27H42ClN5O10Si. The van der Waals surface area contributed by atoms with Crippen LogP contribution in [0.15, 0.2) is 6.33 Å². The summed E-state index contributed by atoms with van der Waals surface area (Å²) >= 11 is 6.24. The number of carbonyl (C=O) groups is 3. The van der Waals surface area contributed by atoms with E-state index in [0.29, 0.717) is 0 Å². The fourth-order valence-electron chi connectivity index (χ4n) is 4.03. The van der Waals surface area contributed by atoms with Crippen LogP contribution in [-0.2, 0) is 23.4 Å². The first kappa shape index (κ1) is 35.4. The first-order chi connectivity index (χ1) is 20.0. The Morgan fingerprint density at radius 2 is 1.61 bits per heavy atom. The minimum Gasteiger partial charge on any atom is -0.464 e. The molecule has 1 aliphatic rings. The van der Waals surface area contributed by atoms with E-state index in [0.717, 1.165) is 0 Å². The lowest BCUT2D eigenvalue weighted by Crippen LogP contribution is -2.50. The highest BCUT2D eigenvalue weighted by molar-refractivity contribution is 6.74. The normalized spacial score (nSPS) is 21.3. The molecular weight excluding hydrogens is 618 g/mol. The molecule has 2 aromatic rings. The Morgan fingerprint density at radius 3 is 2.11 bits per heavy atom. The van der Waals surface area contributed by atoms with Gasteiger partial charge >= 0.3 is 18.3 Å². The summed E-state index contributed by atoms with van der Waals surface area (Å²) in [6.07, 6.45) is -6.88. The summed E-state index contributed by atoms with van der Waals surface area (Å²) < 4.78 is 30.7. The van der Waals surface area contributed by atoms with E-state index in [1.807, 2.05) is 33.9 Å². The Morgan fingerprint density at radius 1 is 1.02 bits per heavy atom. The van der Waals surface area contributed by atoms with E-state index in [4.69, 9.17) is 35.0 Å². The van der Waals surface area contributed by atoms with Gasteiger partial charge in [-0.25, -0.2) is 19.4 Å². The van der Waals surface area contributed by atoms with Crippen LogP contribution in [0.1, 0.15) is 68.5 Å². The number of carboxylic acid groups (broad SMARTS) is 1. The van der Waals surface area contributed by atoms with Gasteiger partial charge in [0.25, 0.3) is 0 Å². The van der Waals surface area contributed by atoms with Crippen LogP contribution in [-0.4, -0.2) is 92.5 Å². The fraction of sp³-hybridized carbons (Fsp3) is 0.704. The Bertz CT molecular complexity index is 1400. The summed E-state index contributed by atoms with van der Waals surface area (Å²) in [7, 11) is -2.60. The van der Waals surface area contributed by atoms with E-state index in [1.165, 1.54) is 10.9 Å². The number of nitrogens with zero attached hydrogens (tertiary/aromatic N) is 5. The van der Waals surface area contributed by atoms with Crippen LogP contribution in [0.2, 0.25) is 23.4 Å². The first-order valence-corrected chi connectivity index (χ1v) is 17.2. The lowest BCUT2D eigenvalue weighted by molar-refractivity contribution is -0.0690. The van der Waals surface area contributed by atoms with Crippen molar-refractivity contribution in [2.24, 2.45) is 0 Å². The van der Waals surface area contributed by atoms with Gasteiger partial charge in [-0.2, -0.15) is 14.9 Å². The van der Waals surface area contributed by atoms with Gasteiger partial charge in [0.15, 0.2) is 37.6 Å². The van der Waals surface area contributed by atoms with Crippen molar-refractivity contribution in [3.63, 3.8) is 0 Å². The molecule has 0 saturated carbocycles. The molecule has 0 spiro atoms. The molecule has 1 aliphatic heterocycles. The standard InChI is InChI=1S/C27H42ClN5O10Si/c1-25(2,3)41-23(37)33(22(35)36)19-15-18(30-21(28)31-19)32(13-29-15)20-17(43-44(10,11)27(7,8)9)16(14(12-34)39-20)40-24(38)42-26(4,5)6/h13-14,16-17,20,34H,12H2,1-11H3,(H,35,36)/t14-,16+,17-,20-/m1/s1. The zero-order chi connectivity index (χ0) is 33.6. The fourth-order valence-corrected chi connectivity index (χ4v) is 5.47. The average molecular weight is 660 g/mol. The van der Waals surface area contributed by atoms with Crippen molar-refractivity contribution < 1.29 is 48.0 Å². The van der Waals surface area contributed by atoms with Gasteiger partial charge in [-0.1, -0.05) is 20.8 Å². The molecule has 3 rings (SSSR count). The van der Waals surface area contributed by atoms with E-state index in [1.54, 1.807) is 41.5 Å². The van der Waals surface area contributed by atoms with Gasteiger partial charge < -0.3 is 33.6 Å². The monoisotopic (exact) mass is 659 g/mol. The molecule has 17 heteroatoms. The minimum atomic E-state index is -2.60. The van der Waals surface area contributed by atoms with Gasteiger partial charge in [-0.15, -0.1) is 0 Å². The summed E-state index contributed by atoms with van der Waals surface area (Å²) in [6, 6.07) is 0. The summed E-state index contributed by atoms with van der Waals surface area (Å²) in [4.78, 5) is 50.7. The van der Waals surface area contributed by atoms with Crippen LogP contribution < -0.4 is 4.90 Å². The molecule has 0 unspecified atom stereocenters. The number of fused-ring (bicyclic) bond motifs is 1. The van der Waals surface area contributed by atoms with Crippen LogP contribution >= 0.6 is 11.6 Å². The van der Waals surface area contributed by atoms with Crippen molar-refractivity contribution in [3.8, 4) is 0 Å². The number of rotatable bonds is 6. The molecule has 44 heavy (non-hydrogen) atoms. The predicted octanol–water partition coefficient (Wildman–Crippen LogP) is 5.50. The highest BCUT2D eigenvalue weighted by Crippen LogP contribution is 2.43. The van der Waals surface area contributed by atoms with Gasteiger partial charge in [0.05, 0.1) is 12.9 Å². The number of aliphatic hydroxyl groups excluding tert-OH is 1. The zero-order valence-corrected chi connectivity index (χ0v) is 28.6. The van der Waals surface area contributed by atoms with Crippen LogP contribution in [0.3, 0.4) is 0 Å². The number of amides is 2. The second kappa shape index (κ2) is 12.4. The number of aromatic nitrogens is 4. The molecule has 0 aliphatic carbocycles. The highest BCUT2D eigenvalue weighted by Gasteiger charge is 2.53. The van der Waals surface area contributed by atoms with E-state index < -0.39 is 80.1 Å². The van der Waals surface area contributed by atoms with E-state index >= 15 is 0 Å². The van der Waals surface area contributed by atoms with E-state index in [-0.39, 0.29) is 21.1 Å². The molecule has 0 bridgehead atoms. The smallest absolute Gasteiger partial charge is 0.464 e. The predicted molar refractivity (Wildman–Crippen MR) is 161 cm³/mol. The molecule has 15 nitrogen and oxygen atoms in total. The number of imide groups is 1. The molecule has 4 atom stereocenters. The molecule has 246 valence electrons. The van der Waals surface area contributed by atoms with E-state index in [2.05, 4.69) is 15.0 Å². The van der Waals surface area contributed by atoms with Crippen LogP contribution in [0.5, 0.6) is 0 Å². The highest BCUT2D eigenvalue weighted by atomic mass is 35.5. The quantitative estimate of drug-likeness (QED) is 0.225. The second-order valence-electron chi connectivity index (χ2n) is 13.9. The molecule has 1 fully saturated rings. The third kappa shape index (κ3) is 7.96. The Kier molecular flexibility index (Phi) is 9.97. The topological polar surface area (TPSA) is 185 Å². The maximum Gasteiger partial charge on any atom is 0.509 e. The summed E-state index contributed by atoms with van der Waals surface area (Å²) in [5.74, 6) is -0.444. The van der Waals surface area contributed by atoms with Crippen molar-refractivity contribution in [2.75, 3.05) is 11.5 Å². The summed E-state index contributed by atoms with van der Waals surface area (Å²) in [5.41, 5.74) is -2.00. The van der Waals surface area contributed by atoms with Crippen molar-refractivity contribution in [2.45, 2.75) is 116 Å². The molecule has 2 N–H and O–H groups in total. The largest absolute Gasteiger partial charge is 0.509 e. The number of imidazole rings is 1. The van der Waals surface area contributed by atoms with Crippen LogP contribution in [0.25, 0.3) is 11.2 Å². The van der Waals surface area contributed by atoms with Gasteiger partial charge in [-0.3, -0.25) is 4.57 Å². The lowest BCUT2D eigenvalue weighted by atomic mass is 10.1. The minimum absolute atomic E-state index is 0.0155. The molecule has 0 aromatic carbocycles. The number of aliphatic hydroxyl groups is 1. The van der Waals surface area contributed by atoms with Gasteiger partial charge in [-0.05, 0) is 71.3 Å². The average Bonchev–Trinajstić information content (AvgIpc) is 3.36. The van der Waals surface area contributed by atoms with E-state index in [9.17, 15) is 24.6 Å². The van der Waals surface area contributed by atoms with Crippen LogP contribution in [0.4, 0.5) is 20.2 Å². The number of halogens is 1. The molecule has 1 saturated heterocycles. The van der Waals surface area contributed by atoms with Crippen molar-refractivity contribution in [1.29, 1.82) is 0 Å². The third-order valence-corrected chi connectivity index (χ3v) is 11.6. The maximum atomic E-state index is 12.9. The summed E-state index contributed by atoms with van der Waals surface area (Å²) in [6.45, 7) is 19.3. The Hall–Kier alpha value is -3.05. The second-order valence-corrected chi connectivity index (χ2v) is 19.0. The summed E-state index contributed by atoms with van der Waals surface area (Å²) in [5, 5.41) is 19.5. The SMILES string of the molecule is CC(C)(C)OC(=O)O[C@@H]1[C@@H](O[Si](C)(C)C(C)(C)C)[C@H](n2cnc3c(N(C(=O)O)C(=O)OC(C)(C)C)nc(Cl)nc32)O[C@@H]1CO. The van der Waals surface area contributed by atoms with Gasteiger partial charge in [0, 0.05) is 0 Å². The van der Waals surface area contributed by atoms with Crippen LogP contribution in [0, 0.1) is 0 Å². The van der Waals surface area contributed by atoms with Crippen molar-refractivity contribution >= 4 is 55.2 Å². The first-order valence-electron chi connectivity index (χ1n) is 14.0. The molecule has 2 aromatic heterocycles. The number of hydrogen-bond donors (Lipinski definition) is 2. The maximum absolute atomic E-state index is 12.9. The Balaban J connectivity index is 2.17. The lowest BCUT2D eigenvalue weighted by Gasteiger charge is -2.40. The number of hydrogen-bond acceptors (Lipinski definition) is 12. The number of anilines is 1. The van der Waals surface area contributed by atoms with Crippen molar-refractivity contribution in [3.05, 3.63) is 11.6 Å². The Labute approximate surface area is 261 Å². The van der Waals surface area contributed by atoms with Gasteiger partial charge in [0.1, 0.15) is 23.4 Å². The molecule has 3 heterocycles. The molecule has 0 radical (unpaired) electrons. The zero-order valence-electron chi connectivity index (χ0n) is 26.9. The number of carbonyl (C=O) groups excluding carboxylic acids is 2. The third-order valence-electron chi connectivity index (χ3n) is 6.95. The van der Waals surface area contributed by atoms with Gasteiger partial charge in [0.2, 0.25) is 5.28 Å². The van der Waals surface area contributed by atoms with Crippen molar-refractivity contribution in [1.82, 2.24) is 19.5 Å². The molecule has 2 amide bonds.